The maximum Gasteiger partial charge on any atom is 0.230 e. The number of aromatic nitrogens is 4. The first-order valence-corrected chi connectivity index (χ1v) is 8.07. The van der Waals surface area contributed by atoms with E-state index >= 15 is 0 Å². The fraction of sp³-hybridized carbons (Fsp3) is 0.200. The van der Waals surface area contributed by atoms with Gasteiger partial charge in [0.1, 0.15) is 12.1 Å². The molecule has 3 aromatic rings. The Morgan fingerprint density at radius 2 is 2.33 bits per heavy atom. The smallest absolute Gasteiger partial charge is 0.230 e. The molecule has 0 aliphatic heterocycles. The molecule has 3 heterocycles. The number of ether oxygens (including phenoxy) is 1. The van der Waals surface area contributed by atoms with Gasteiger partial charge < -0.3 is 14.5 Å². The van der Waals surface area contributed by atoms with Gasteiger partial charge in [0.25, 0.3) is 0 Å². The van der Waals surface area contributed by atoms with Crippen LogP contribution in [0.5, 0.6) is 5.88 Å². The van der Waals surface area contributed by atoms with Crippen LogP contribution in [0.4, 0.5) is 0 Å². The molecular formula is C15H15N5O3S. The van der Waals surface area contributed by atoms with Crippen LogP contribution in [-0.4, -0.2) is 38.5 Å². The molecule has 0 spiro atoms. The summed E-state index contributed by atoms with van der Waals surface area (Å²) >= 11 is 1.29. The van der Waals surface area contributed by atoms with Crippen molar-refractivity contribution in [2.75, 3.05) is 12.9 Å². The first-order valence-electron chi connectivity index (χ1n) is 7.08. The number of nitrogens with one attached hydrogen (secondary N) is 1. The molecule has 0 unspecified atom stereocenters. The molecule has 24 heavy (non-hydrogen) atoms. The molecule has 1 amide bonds. The zero-order chi connectivity index (χ0) is 16.8. The van der Waals surface area contributed by atoms with Gasteiger partial charge in [-0.05, 0) is 18.2 Å². The van der Waals surface area contributed by atoms with Gasteiger partial charge in [-0.25, -0.2) is 4.98 Å². The molecule has 8 nitrogen and oxygen atoms in total. The van der Waals surface area contributed by atoms with E-state index in [9.17, 15) is 4.79 Å². The van der Waals surface area contributed by atoms with Gasteiger partial charge in [0, 0.05) is 6.07 Å². The number of thioether (sulfide) groups is 1. The minimum atomic E-state index is -0.112. The zero-order valence-corrected chi connectivity index (χ0v) is 13.7. The molecule has 0 bridgehead atoms. The van der Waals surface area contributed by atoms with Gasteiger partial charge in [0.05, 0.1) is 37.6 Å². The Morgan fingerprint density at radius 1 is 1.42 bits per heavy atom. The number of hydrogen-bond acceptors (Lipinski definition) is 7. The number of methoxy groups -OCH3 is 1. The molecule has 0 aliphatic rings. The van der Waals surface area contributed by atoms with Gasteiger partial charge >= 0.3 is 0 Å². The Hall–Kier alpha value is -2.81. The van der Waals surface area contributed by atoms with Crippen molar-refractivity contribution in [2.45, 2.75) is 11.7 Å². The van der Waals surface area contributed by atoms with E-state index in [1.54, 1.807) is 48.7 Å². The first kappa shape index (κ1) is 16.1. The average molecular weight is 345 g/mol. The summed E-state index contributed by atoms with van der Waals surface area (Å²) in [5.41, 5.74) is 0.791. The van der Waals surface area contributed by atoms with Crippen molar-refractivity contribution in [1.82, 2.24) is 25.1 Å². The van der Waals surface area contributed by atoms with Gasteiger partial charge in [-0.3, -0.25) is 9.36 Å². The second kappa shape index (κ2) is 7.64. The van der Waals surface area contributed by atoms with Gasteiger partial charge in [-0.15, -0.1) is 10.2 Å². The number of amides is 1. The molecule has 0 aromatic carbocycles. The van der Waals surface area contributed by atoms with Crippen LogP contribution in [0.1, 0.15) is 5.76 Å². The largest absolute Gasteiger partial charge is 0.481 e. The van der Waals surface area contributed by atoms with E-state index in [1.165, 1.54) is 11.8 Å². The zero-order valence-electron chi connectivity index (χ0n) is 12.9. The highest BCUT2D eigenvalue weighted by molar-refractivity contribution is 7.99. The normalized spacial score (nSPS) is 10.5. The predicted octanol–water partition coefficient (Wildman–Crippen LogP) is 1.67. The van der Waals surface area contributed by atoms with E-state index in [4.69, 9.17) is 9.15 Å². The highest BCUT2D eigenvalue weighted by atomic mass is 32.2. The molecule has 3 aromatic heterocycles. The van der Waals surface area contributed by atoms with Crippen LogP contribution in [0.25, 0.3) is 5.69 Å². The predicted molar refractivity (Wildman–Crippen MR) is 87.0 cm³/mol. The minimum absolute atomic E-state index is 0.112. The van der Waals surface area contributed by atoms with Crippen LogP contribution in [0.2, 0.25) is 0 Å². The van der Waals surface area contributed by atoms with Gasteiger partial charge in [0.15, 0.2) is 5.16 Å². The molecule has 124 valence electrons. The fourth-order valence-corrected chi connectivity index (χ4v) is 2.67. The maximum absolute atomic E-state index is 11.9. The van der Waals surface area contributed by atoms with E-state index in [0.29, 0.717) is 23.3 Å². The summed E-state index contributed by atoms with van der Waals surface area (Å²) in [4.78, 5) is 16.1. The van der Waals surface area contributed by atoms with Crippen molar-refractivity contribution < 1.29 is 13.9 Å². The summed E-state index contributed by atoms with van der Waals surface area (Å²) in [7, 11) is 1.56. The fourth-order valence-electron chi connectivity index (χ4n) is 1.92. The Morgan fingerprint density at radius 3 is 3.04 bits per heavy atom. The summed E-state index contributed by atoms with van der Waals surface area (Å²) in [5, 5.41) is 11.3. The maximum atomic E-state index is 11.9. The molecule has 3 rings (SSSR count). The van der Waals surface area contributed by atoms with E-state index in [0.717, 1.165) is 5.69 Å². The summed E-state index contributed by atoms with van der Waals surface area (Å²) in [6.45, 7) is 0.363. The topological polar surface area (TPSA) is 95.1 Å². The van der Waals surface area contributed by atoms with E-state index in [-0.39, 0.29) is 11.7 Å². The Labute approximate surface area is 142 Å². The quantitative estimate of drug-likeness (QED) is 0.651. The lowest BCUT2D eigenvalue weighted by Crippen LogP contribution is -2.24. The summed E-state index contributed by atoms with van der Waals surface area (Å²) in [6.07, 6.45) is 4.80. The van der Waals surface area contributed by atoms with Crippen LogP contribution in [0.15, 0.2) is 52.6 Å². The number of rotatable bonds is 7. The third kappa shape index (κ3) is 3.93. The Bertz CT molecular complexity index is 786. The van der Waals surface area contributed by atoms with Crippen molar-refractivity contribution in [3.05, 3.63) is 48.8 Å². The number of furan rings is 1. The SMILES string of the molecule is COc1ccc(-n2cnnc2SCC(=O)NCc2ccco2)cn1. The number of carbonyl (C=O) groups is 1. The standard InChI is InChI=1S/C15H15N5O3S/c1-22-14-5-4-11(7-17-14)20-10-18-19-15(20)24-9-13(21)16-8-12-3-2-6-23-12/h2-7,10H,8-9H2,1H3,(H,16,21). The molecular weight excluding hydrogens is 330 g/mol. The molecule has 0 fully saturated rings. The highest BCUT2D eigenvalue weighted by Crippen LogP contribution is 2.19. The van der Waals surface area contributed by atoms with Gasteiger partial charge in [-0.2, -0.15) is 0 Å². The molecule has 0 radical (unpaired) electrons. The average Bonchev–Trinajstić information content (AvgIpc) is 3.29. The van der Waals surface area contributed by atoms with E-state index in [2.05, 4.69) is 20.5 Å². The molecule has 0 saturated carbocycles. The number of nitrogens with zero attached hydrogens (tertiary/aromatic N) is 4. The van der Waals surface area contributed by atoms with Crippen molar-refractivity contribution in [3.63, 3.8) is 0 Å². The van der Waals surface area contributed by atoms with Gasteiger partial charge in [0.2, 0.25) is 11.8 Å². The third-order valence-electron chi connectivity index (χ3n) is 3.10. The molecule has 0 atom stereocenters. The van der Waals surface area contributed by atoms with E-state index < -0.39 is 0 Å². The van der Waals surface area contributed by atoms with Crippen LogP contribution in [0, 0.1) is 0 Å². The van der Waals surface area contributed by atoms with Crippen molar-refractivity contribution >= 4 is 17.7 Å². The van der Waals surface area contributed by atoms with Crippen LogP contribution in [0.3, 0.4) is 0 Å². The van der Waals surface area contributed by atoms with Crippen molar-refractivity contribution in [2.24, 2.45) is 0 Å². The minimum Gasteiger partial charge on any atom is -0.481 e. The van der Waals surface area contributed by atoms with Crippen molar-refractivity contribution in [3.8, 4) is 11.6 Å². The molecule has 0 saturated heterocycles. The van der Waals surface area contributed by atoms with E-state index in [1.807, 2.05) is 6.07 Å². The van der Waals surface area contributed by atoms with Gasteiger partial charge in [-0.1, -0.05) is 11.8 Å². The number of carbonyl (C=O) groups excluding carboxylic acids is 1. The van der Waals surface area contributed by atoms with Crippen LogP contribution in [-0.2, 0) is 11.3 Å². The monoisotopic (exact) mass is 345 g/mol. The highest BCUT2D eigenvalue weighted by Gasteiger charge is 2.11. The first-order chi connectivity index (χ1) is 11.8. The number of pyridine rings is 1. The molecule has 0 aliphatic carbocycles. The van der Waals surface area contributed by atoms with Crippen LogP contribution < -0.4 is 10.1 Å². The second-order valence-electron chi connectivity index (χ2n) is 4.69. The van der Waals surface area contributed by atoms with Crippen molar-refractivity contribution in [1.29, 1.82) is 0 Å². The lowest BCUT2D eigenvalue weighted by Gasteiger charge is -2.07. The summed E-state index contributed by atoms with van der Waals surface area (Å²) < 4.78 is 12.0. The molecule has 9 heteroatoms. The summed E-state index contributed by atoms with van der Waals surface area (Å²) in [5.74, 6) is 1.35. The second-order valence-corrected chi connectivity index (χ2v) is 5.63. The number of hydrogen-bond donors (Lipinski definition) is 1. The van der Waals surface area contributed by atoms with Crippen LogP contribution >= 0.6 is 11.8 Å². The lowest BCUT2D eigenvalue weighted by atomic mass is 10.4. The molecule has 1 N–H and O–H groups in total. The Kier molecular flexibility index (Phi) is 5.12. The lowest BCUT2D eigenvalue weighted by molar-refractivity contribution is -0.118. The third-order valence-corrected chi connectivity index (χ3v) is 4.04. The Balaban J connectivity index is 1.57. The summed E-state index contributed by atoms with van der Waals surface area (Å²) in [6, 6.07) is 7.18.